The summed E-state index contributed by atoms with van der Waals surface area (Å²) in [4.78, 5) is 0.329. The van der Waals surface area contributed by atoms with Crippen LogP contribution in [0.25, 0.3) is 0 Å². The van der Waals surface area contributed by atoms with Gasteiger partial charge in [-0.05, 0) is 44.2 Å². The van der Waals surface area contributed by atoms with E-state index >= 15 is 0 Å². The van der Waals surface area contributed by atoms with Crippen LogP contribution in [-0.4, -0.2) is 26.3 Å². The van der Waals surface area contributed by atoms with Crippen LogP contribution < -0.4 is 5.32 Å². The van der Waals surface area contributed by atoms with Gasteiger partial charge in [0.25, 0.3) is 0 Å². The molecule has 1 rings (SSSR count). The number of sulfone groups is 1. The SMILES string of the molecule is CCNC(CC)C(C)S(=O)(=O)c1ccc(Cl)cc1. The molecule has 0 amide bonds. The van der Waals surface area contributed by atoms with E-state index in [-0.39, 0.29) is 6.04 Å². The van der Waals surface area contributed by atoms with Gasteiger partial charge in [0, 0.05) is 11.1 Å². The lowest BCUT2D eigenvalue weighted by Gasteiger charge is -2.23. The fourth-order valence-corrected chi connectivity index (χ4v) is 3.75. The van der Waals surface area contributed by atoms with E-state index in [1.54, 1.807) is 31.2 Å². The highest BCUT2D eigenvalue weighted by Gasteiger charge is 2.29. The average molecular weight is 290 g/mol. The van der Waals surface area contributed by atoms with Gasteiger partial charge in [0.05, 0.1) is 10.1 Å². The first kappa shape index (κ1) is 15.5. The molecule has 0 saturated heterocycles. The van der Waals surface area contributed by atoms with Crippen LogP contribution in [0.15, 0.2) is 29.2 Å². The van der Waals surface area contributed by atoms with E-state index in [4.69, 9.17) is 11.6 Å². The third kappa shape index (κ3) is 3.46. The lowest BCUT2D eigenvalue weighted by Crippen LogP contribution is -2.42. The summed E-state index contributed by atoms with van der Waals surface area (Å²) in [5.41, 5.74) is 0. The number of hydrogen-bond acceptors (Lipinski definition) is 3. The predicted molar refractivity (Wildman–Crippen MR) is 75.9 cm³/mol. The van der Waals surface area contributed by atoms with Gasteiger partial charge in [-0.15, -0.1) is 0 Å². The predicted octanol–water partition coefficient (Wildman–Crippen LogP) is 2.89. The highest BCUT2D eigenvalue weighted by molar-refractivity contribution is 7.92. The molecule has 0 aromatic heterocycles. The molecule has 0 spiro atoms. The Balaban J connectivity index is 3.01. The summed E-state index contributed by atoms with van der Waals surface area (Å²) in [5, 5.41) is 3.30. The van der Waals surface area contributed by atoms with Gasteiger partial charge in [0.2, 0.25) is 0 Å². The van der Waals surface area contributed by atoms with Gasteiger partial charge >= 0.3 is 0 Å². The Morgan fingerprint density at radius 1 is 1.22 bits per heavy atom. The van der Waals surface area contributed by atoms with E-state index in [1.807, 2.05) is 13.8 Å². The molecule has 0 fully saturated rings. The summed E-state index contributed by atoms with van der Waals surface area (Å²) in [6, 6.07) is 6.31. The summed E-state index contributed by atoms with van der Waals surface area (Å²) in [7, 11) is -3.31. The highest BCUT2D eigenvalue weighted by Crippen LogP contribution is 2.21. The summed E-state index contributed by atoms with van der Waals surface area (Å²) in [6.45, 7) is 6.48. The maximum atomic E-state index is 12.4. The van der Waals surface area contributed by atoms with Crippen LogP contribution in [0, 0.1) is 0 Å². The molecule has 1 aromatic rings. The maximum Gasteiger partial charge on any atom is 0.182 e. The van der Waals surface area contributed by atoms with Crippen LogP contribution in [0.1, 0.15) is 27.2 Å². The Bertz CT molecular complexity index is 470. The fourth-order valence-electron chi connectivity index (χ4n) is 1.96. The Hall–Kier alpha value is -0.580. The number of nitrogens with one attached hydrogen (secondary N) is 1. The van der Waals surface area contributed by atoms with Gasteiger partial charge < -0.3 is 5.32 Å². The second kappa shape index (κ2) is 6.55. The average Bonchev–Trinajstić information content (AvgIpc) is 2.35. The van der Waals surface area contributed by atoms with E-state index in [0.29, 0.717) is 9.92 Å². The van der Waals surface area contributed by atoms with Crippen molar-refractivity contribution in [3.63, 3.8) is 0 Å². The zero-order valence-corrected chi connectivity index (χ0v) is 12.6. The standard InChI is InChI=1S/C13H20ClNO2S/c1-4-13(15-5-2)10(3)18(16,17)12-8-6-11(14)7-9-12/h6-10,13,15H,4-5H2,1-3H3. The molecule has 0 aliphatic heterocycles. The summed E-state index contributed by atoms with van der Waals surface area (Å²) in [6.07, 6.45) is 0.780. The molecule has 0 aliphatic rings. The van der Waals surface area contributed by atoms with Gasteiger partial charge in [-0.1, -0.05) is 25.4 Å². The molecule has 0 bridgehead atoms. The number of rotatable bonds is 6. The van der Waals surface area contributed by atoms with Crippen LogP contribution in [0.5, 0.6) is 0 Å². The Kier molecular flexibility index (Phi) is 5.63. The molecule has 0 aliphatic carbocycles. The van der Waals surface area contributed by atoms with Gasteiger partial charge in [-0.2, -0.15) is 0 Å². The largest absolute Gasteiger partial charge is 0.313 e. The third-order valence-electron chi connectivity index (χ3n) is 3.10. The zero-order chi connectivity index (χ0) is 13.8. The minimum atomic E-state index is -3.31. The van der Waals surface area contributed by atoms with Crippen LogP contribution in [0.3, 0.4) is 0 Å². The summed E-state index contributed by atoms with van der Waals surface area (Å²) >= 11 is 5.77. The fraction of sp³-hybridized carbons (Fsp3) is 0.538. The van der Waals surface area contributed by atoms with Crippen LogP contribution >= 0.6 is 11.6 Å². The van der Waals surface area contributed by atoms with Crippen molar-refractivity contribution in [2.24, 2.45) is 0 Å². The molecule has 0 heterocycles. The molecule has 3 nitrogen and oxygen atoms in total. The maximum absolute atomic E-state index is 12.4. The van der Waals surface area contributed by atoms with Gasteiger partial charge in [-0.3, -0.25) is 0 Å². The van der Waals surface area contributed by atoms with E-state index < -0.39 is 15.1 Å². The molecule has 2 unspecified atom stereocenters. The number of hydrogen-bond donors (Lipinski definition) is 1. The minimum absolute atomic E-state index is 0.0318. The zero-order valence-electron chi connectivity index (χ0n) is 11.0. The Labute approximate surface area is 114 Å². The molecule has 2 atom stereocenters. The van der Waals surface area contributed by atoms with Gasteiger partial charge in [0.1, 0.15) is 0 Å². The quantitative estimate of drug-likeness (QED) is 0.876. The van der Waals surface area contributed by atoms with Crippen LogP contribution in [-0.2, 0) is 9.84 Å². The molecular formula is C13H20ClNO2S. The first-order valence-electron chi connectivity index (χ1n) is 6.16. The van der Waals surface area contributed by atoms with Crippen LogP contribution in [0.4, 0.5) is 0 Å². The van der Waals surface area contributed by atoms with Crippen LogP contribution in [0.2, 0.25) is 5.02 Å². The minimum Gasteiger partial charge on any atom is -0.313 e. The van der Waals surface area contributed by atoms with Gasteiger partial charge in [-0.25, -0.2) is 8.42 Å². The summed E-state index contributed by atoms with van der Waals surface area (Å²) in [5.74, 6) is 0. The molecule has 1 aromatic carbocycles. The normalized spacial score (nSPS) is 15.3. The lowest BCUT2D eigenvalue weighted by molar-refractivity contribution is 0.483. The molecule has 0 saturated carbocycles. The smallest absolute Gasteiger partial charge is 0.182 e. The van der Waals surface area contributed by atoms with Crippen molar-refractivity contribution >= 4 is 21.4 Å². The molecular weight excluding hydrogens is 270 g/mol. The molecule has 1 N–H and O–H groups in total. The van der Waals surface area contributed by atoms with Crippen molar-refractivity contribution in [3.8, 4) is 0 Å². The van der Waals surface area contributed by atoms with Crippen molar-refractivity contribution in [2.75, 3.05) is 6.54 Å². The molecule has 0 radical (unpaired) electrons. The Morgan fingerprint density at radius 3 is 2.22 bits per heavy atom. The Morgan fingerprint density at radius 2 is 1.78 bits per heavy atom. The second-order valence-corrected chi connectivity index (χ2v) is 7.02. The van der Waals surface area contributed by atoms with E-state index in [1.165, 1.54) is 0 Å². The highest BCUT2D eigenvalue weighted by atomic mass is 35.5. The van der Waals surface area contributed by atoms with Crippen molar-refractivity contribution in [2.45, 2.75) is 43.4 Å². The van der Waals surface area contributed by atoms with E-state index in [0.717, 1.165) is 13.0 Å². The lowest BCUT2D eigenvalue weighted by atomic mass is 10.2. The first-order chi connectivity index (χ1) is 8.43. The van der Waals surface area contributed by atoms with Gasteiger partial charge in [0.15, 0.2) is 9.84 Å². The van der Waals surface area contributed by atoms with E-state index in [9.17, 15) is 8.42 Å². The number of benzene rings is 1. The van der Waals surface area contributed by atoms with Crippen molar-refractivity contribution in [3.05, 3.63) is 29.3 Å². The van der Waals surface area contributed by atoms with Crippen molar-refractivity contribution in [1.29, 1.82) is 0 Å². The summed E-state index contributed by atoms with van der Waals surface area (Å²) < 4.78 is 24.9. The van der Waals surface area contributed by atoms with Crippen molar-refractivity contribution < 1.29 is 8.42 Å². The monoisotopic (exact) mass is 289 g/mol. The van der Waals surface area contributed by atoms with E-state index in [2.05, 4.69) is 5.32 Å². The first-order valence-corrected chi connectivity index (χ1v) is 8.08. The molecule has 5 heteroatoms. The molecule has 18 heavy (non-hydrogen) atoms. The third-order valence-corrected chi connectivity index (χ3v) is 5.59. The number of halogens is 1. The second-order valence-electron chi connectivity index (χ2n) is 4.28. The van der Waals surface area contributed by atoms with Crippen molar-refractivity contribution in [1.82, 2.24) is 5.32 Å². The molecule has 102 valence electrons. The topological polar surface area (TPSA) is 46.2 Å².